The molecule has 0 heterocycles. The summed E-state index contributed by atoms with van der Waals surface area (Å²) in [6.45, 7) is 9.41. The maximum atomic E-state index is 3.69. The summed E-state index contributed by atoms with van der Waals surface area (Å²) in [7, 11) is 0. The van der Waals surface area contributed by atoms with Gasteiger partial charge in [0.15, 0.2) is 0 Å². The van der Waals surface area contributed by atoms with Crippen LogP contribution in [-0.4, -0.2) is 0 Å². The van der Waals surface area contributed by atoms with E-state index < -0.39 is 0 Å². The largest absolute Gasteiger partial charge is 0.0882 e. The highest BCUT2D eigenvalue weighted by molar-refractivity contribution is 5.05. The fourth-order valence-corrected chi connectivity index (χ4v) is 0.470. The van der Waals surface area contributed by atoms with E-state index in [1.54, 1.807) is 0 Å². The van der Waals surface area contributed by atoms with E-state index in [0.717, 1.165) is 12.8 Å². The third-order valence-corrected chi connectivity index (χ3v) is 1.12. The maximum Gasteiger partial charge on any atom is -0.0142 e. The first kappa shape index (κ1) is 8.48. The second kappa shape index (κ2) is 5.61. The van der Waals surface area contributed by atoms with Crippen molar-refractivity contribution < 1.29 is 0 Å². The molecule has 0 unspecified atom stereocenters. The van der Waals surface area contributed by atoms with Crippen LogP contribution >= 0.6 is 0 Å². The zero-order valence-electron chi connectivity index (χ0n) is 6.06. The first-order valence-corrected chi connectivity index (χ1v) is 3.20. The van der Waals surface area contributed by atoms with E-state index >= 15 is 0 Å². The van der Waals surface area contributed by atoms with E-state index in [1.807, 2.05) is 6.08 Å². The van der Waals surface area contributed by atoms with Crippen molar-refractivity contribution in [2.24, 2.45) is 0 Å². The molecule has 2 radical (unpaired) electrons. The minimum atomic E-state index is 0.879. The summed E-state index contributed by atoms with van der Waals surface area (Å²) in [5.41, 5.74) is 1.31. The predicted molar refractivity (Wildman–Crippen MR) is 42.8 cm³/mol. The third kappa shape index (κ3) is 5.35. The summed E-state index contributed by atoms with van der Waals surface area (Å²) in [6, 6.07) is 0. The number of hydrogen-bond donors (Lipinski definition) is 0. The molecule has 0 rings (SSSR count). The van der Waals surface area contributed by atoms with Crippen molar-refractivity contribution in [3.8, 4) is 0 Å². The molecule has 0 fully saturated rings. The summed E-state index contributed by atoms with van der Waals surface area (Å²) in [5.74, 6) is 0. The maximum absolute atomic E-state index is 3.69. The van der Waals surface area contributed by atoms with E-state index in [9.17, 15) is 0 Å². The minimum Gasteiger partial charge on any atom is -0.0882 e. The Labute approximate surface area is 58.3 Å². The number of rotatable bonds is 3. The molecule has 0 aliphatic rings. The van der Waals surface area contributed by atoms with Crippen molar-refractivity contribution in [1.82, 2.24) is 0 Å². The van der Waals surface area contributed by atoms with Crippen molar-refractivity contribution in [3.05, 3.63) is 37.6 Å². The van der Waals surface area contributed by atoms with Gasteiger partial charge in [-0.25, -0.2) is 0 Å². The second-order valence-electron chi connectivity index (χ2n) is 2.01. The average molecular weight is 122 g/mol. The van der Waals surface area contributed by atoms with Gasteiger partial charge in [-0.2, -0.15) is 0 Å². The Bertz CT molecular complexity index is 107. The molecule has 9 heavy (non-hydrogen) atoms. The topological polar surface area (TPSA) is 0 Å². The zero-order valence-corrected chi connectivity index (χ0v) is 6.06. The van der Waals surface area contributed by atoms with Crippen LogP contribution in [0.3, 0.4) is 0 Å². The van der Waals surface area contributed by atoms with Gasteiger partial charge in [0.25, 0.3) is 0 Å². The van der Waals surface area contributed by atoms with Crippen molar-refractivity contribution in [2.75, 3.05) is 0 Å². The van der Waals surface area contributed by atoms with E-state index in [2.05, 4.69) is 32.9 Å². The third-order valence-electron chi connectivity index (χ3n) is 1.12. The molecule has 50 valence electrons. The van der Waals surface area contributed by atoms with Crippen molar-refractivity contribution in [1.29, 1.82) is 0 Å². The van der Waals surface area contributed by atoms with Crippen molar-refractivity contribution >= 4 is 0 Å². The number of hydrogen-bond acceptors (Lipinski definition) is 0. The molecule has 0 saturated heterocycles. The molecular weight excluding hydrogens is 108 g/mol. The Morgan fingerprint density at radius 3 is 2.56 bits per heavy atom. The van der Waals surface area contributed by atoms with Gasteiger partial charge in [-0.05, 0) is 33.6 Å². The Morgan fingerprint density at radius 1 is 1.44 bits per heavy atom. The van der Waals surface area contributed by atoms with E-state index in [1.165, 1.54) is 5.57 Å². The lowest BCUT2D eigenvalue weighted by Crippen LogP contribution is -1.69. The van der Waals surface area contributed by atoms with Crippen LogP contribution in [0.5, 0.6) is 0 Å². The van der Waals surface area contributed by atoms with Gasteiger partial charge in [-0.15, -0.1) is 0 Å². The molecule has 0 nitrogen and oxygen atoms in total. The van der Waals surface area contributed by atoms with Gasteiger partial charge in [0.2, 0.25) is 0 Å². The van der Waals surface area contributed by atoms with E-state index in [-0.39, 0.29) is 0 Å². The number of allylic oxidation sites excluding steroid dienone is 4. The van der Waals surface area contributed by atoms with Gasteiger partial charge in [-0.3, -0.25) is 0 Å². The summed E-state index contributed by atoms with van der Waals surface area (Å²) in [5, 5.41) is 0. The van der Waals surface area contributed by atoms with E-state index in [0.29, 0.717) is 0 Å². The lowest BCUT2D eigenvalue weighted by Gasteiger charge is -1.89. The molecule has 0 aromatic carbocycles. The van der Waals surface area contributed by atoms with Crippen LogP contribution < -0.4 is 0 Å². The molecule has 0 amide bonds. The molecule has 0 spiro atoms. The molecule has 0 atom stereocenters. The second-order valence-corrected chi connectivity index (χ2v) is 2.01. The van der Waals surface area contributed by atoms with Crippen LogP contribution in [0.25, 0.3) is 0 Å². The van der Waals surface area contributed by atoms with Gasteiger partial charge in [0, 0.05) is 0 Å². The smallest absolute Gasteiger partial charge is 0.0142 e. The van der Waals surface area contributed by atoms with Crippen molar-refractivity contribution in [3.63, 3.8) is 0 Å². The molecule has 0 aromatic rings. The van der Waals surface area contributed by atoms with Crippen LogP contribution in [-0.2, 0) is 0 Å². The molecule has 0 saturated carbocycles. The van der Waals surface area contributed by atoms with Gasteiger partial charge in [0.1, 0.15) is 0 Å². The highest BCUT2D eigenvalue weighted by Gasteiger charge is 1.78. The standard InChI is InChI=1S/C9H14/c1-4-6-7-8-9(3)5-2/h5-7H,1-2,4,8H2,3H3. The highest BCUT2D eigenvalue weighted by Crippen LogP contribution is 1.99. The van der Waals surface area contributed by atoms with E-state index in [4.69, 9.17) is 0 Å². The fraction of sp³-hybridized carbons (Fsp3) is 0.333. The van der Waals surface area contributed by atoms with Crippen LogP contribution in [0.4, 0.5) is 0 Å². The first-order chi connectivity index (χ1) is 4.31. The molecule has 0 N–H and O–H groups in total. The Morgan fingerprint density at radius 2 is 2.11 bits per heavy atom. The SMILES string of the molecule is [CH2]C=C(C)CC=CC[CH2]. The minimum absolute atomic E-state index is 0.879. The summed E-state index contributed by atoms with van der Waals surface area (Å²) in [6.07, 6.45) is 7.95. The Kier molecular flexibility index (Phi) is 5.29. The van der Waals surface area contributed by atoms with Crippen LogP contribution in [0.2, 0.25) is 0 Å². The summed E-state index contributed by atoms with van der Waals surface area (Å²) < 4.78 is 0. The van der Waals surface area contributed by atoms with Crippen LogP contribution in [0, 0.1) is 13.8 Å². The predicted octanol–water partition coefficient (Wildman–Crippen LogP) is 2.94. The first-order valence-electron chi connectivity index (χ1n) is 3.20. The molecular formula is C9H14. The molecule has 0 aliphatic heterocycles. The van der Waals surface area contributed by atoms with Crippen molar-refractivity contribution in [2.45, 2.75) is 19.8 Å². The quantitative estimate of drug-likeness (QED) is 0.505. The Balaban J connectivity index is 3.38. The highest BCUT2D eigenvalue weighted by atomic mass is 13.9. The molecule has 0 aromatic heterocycles. The lowest BCUT2D eigenvalue weighted by atomic mass is 10.2. The summed E-state index contributed by atoms with van der Waals surface area (Å²) >= 11 is 0. The molecule has 0 heteroatoms. The average Bonchev–Trinajstić information content (AvgIpc) is 1.89. The van der Waals surface area contributed by atoms with Crippen LogP contribution in [0.1, 0.15) is 19.8 Å². The summed E-state index contributed by atoms with van der Waals surface area (Å²) in [4.78, 5) is 0. The monoisotopic (exact) mass is 122 g/mol. The van der Waals surface area contributed by atoms with Gasteiger partial charge < -0.3 is 0 Å². The van der Waals surface area contributed by atoms with Gasteiger partial charge in [-0.1, -0.05) is 23.8 Å². The van der Waals surface area contributed by atoms with Crippen LogP contribution in [0.15, 0.2) is 23.8 Å². The zero-order chi connectivity index (χ0) is 7.11. The Hall–Kier alpha value is -0.520. The van der Waals surface area contributed by atoms with Gasteiger partial charge >= 0.3 is 0 Å². The fourth-order valence-electron chi connectivity index (χ4n) is 0.470. The van der Waals surface area contributed by atoms with Gasteiger partial charge in [0.05, 0.1) is 0 Å². The molecule has 0 bridgehead atoms. The molecule has 0 aliphatic carbocycles. The lowest BCUT2D eigenvalue weighted by molar-refractivity contribution is 1.19. The normalized spacial score (nSPS) is 13.0.